The second kappa shape index (κ2) is 18.5. The fourth-order valence-electron chi connectivity index (χ4n) is 13.4. The zero-order chi connectivity index (χ0) is 46.4. The zero-order valence-corrected chi connectivity index (χ0v) is 39.7. The zero-order valence-electron chi connectivity index (χ0n) is 39.7. The lowest BCUT2D eigenvalue weighted by Crippen LogP contribution is -2.62. The molecule has 4 saturated heterocycles. The summed E-state index contributed by atoms with van der Waals surface area (Å²) in [5.74, 6) is 1.15. The highest BCUT2D eigenvalue weighted by Crippen LogP contribution is 2.66. The first-order chi connectivity index (χ1) is 30.3. The normalized spacial score (nSPS) is 38.5. The van der Waals surface area contributed by atoms with Gasteiger partial charge in [0.05, 0.1) is 17.2 Å². The fraction of sp³-hybridized carbons (Fsp3) is 0.642. The van der Waals surface area contributed by atoms with Crippen molar-refractivity contribution in [1.82, 2.24) is 0 Å². The third-order valence-electron chi connectivity index (χ3n) is 17.0. The average Bonchev–Trinajstić information content (AvgIpc) is 4.00. The van der Waals surface area contributed by atoms with E-state index in [-0.39, 0.29) is 77.4 Å². The lowest BCUT2D eigenvalue weighted by molar-refractivity contribution is -0.261. The van der Waals surface area contributed by atoms with Crippen LogP contribution in [0.1, 0.15) is 125 Å². The smallest absolute Gasteiger partial charge is 0.331 e. The topological polar surface area (TPSA) is 157 Å². The van der Waals surface area contributed by atoms with Crippen molar-refractivity contribution >= 4 is 28.9 Å². The number of Topliss-reactive ketones (excluding diaryl/α,β-unsaturated/α-hetero) is 1. The van der Waals surface area contributed by atoms with Crippen molar-refractivity contribution in [2.75, 3.05) is 6.61 Å². The first-order valence-electron chi connectivity index (χ1n) is 23.8. The van der Waals surface area contributed by atoms with Crippen molar-refractivity contribution in [2.24, 2.45) is 58.4 Å². The van der Waals surface area contributed by atoms with Crippen LogP contribution in [0.25, 0.3) is 21.6 Å². The second-order valence-electron chi connectivity index (χ2n) is 21.1. The summed E-state index contributed by atoms with van der Waals surface area (Å²) in [6, 6.07) is 19.4. The van der Waals surface area contributed by atoms with Crippen LogP contribution in [0.4, 0.5) is 0 Å². The summed E-state index contributed by atoms with van der Waals surface area (Å²) in [5.41, 5.74) is 10.7. The number of esters is 2. The minimum Gasteiger partial charge on any atom is -0.456 e. The second-order valence-corrected chi connectivity index (χ2v) is 21.1. The van der Waals surface area contributed by atoms with Crippen molar-refractivity contribution in [3.05, 3.63) is 94.4 Å². The van der Waals surface area contributed by atoms with Crippen LogP contribution in [0.2, 0.25) is 0 Å². The number of ketones is 1. The first-order valence-corrected chi connectivity index (χ1v) is 23.8. The highest BCUT2D eigenvalue weighted by atomic mass is 16.6. The van der Waals surface area contributed by atoms with Gasteiger partial charge in [-0.3, -0.25) is 4.79 Å². The molecule has 11 heteroatoms. The molecule has 0 spiro atoms. The van der Waals surface area contributed by atoms with Gasteiger partial charge in [0, 0.05) is 35.3 Å². The van der Waals surface area contributed by atoms with E-state index in [0.29, 0.717) is 31.1 Å². The van der Waals surface area contributed by atoms with Gasteiger partial charge in [-0.1, -0.05) is 107 Å². The molecule has 1 N–H and O–H groups in total. The number of aliphatic hydroxyl groups is 1. The Balaban J connectivity index is 0.000000192. The van der Waals surface area contributed by atoms with Gasteiger partial charge in [-0.05, 0) is 135 Å². The number of rotatable bonds is 12. The molecule has 14 unspecified atom stereocenters. The molecule has 6 fully saturated rings. The van der Waals surface area contributed by atoms with Crippen LogP contribution in [0.3, 0.4) is 0 Å². The largest absolute Gasteiger partial charge is 0.456 e. The fourth-order valence-corrected chi connectivity index (χ4v) is 13.4. The number of fused-ring (bicyclic) bond motifs is 8. The number of hydrogen-bond acceptors (Lipinski definition) is 9. The van der Waals surface area contributed by atoms with Gasteiger partial charge in [0.25, 0.3) is 0 Å². The van der Waals surface area contributed by atoms with Crippen LogP contribution in [-0.4, -0.2) is 70.1 Å². The molecule has 0 amide bonds. The number of ether oxygens (including phenoxy) is 4. The van der Waals surface area contributed by atoms with Crippen molar-refractivity contribution in [3.63, 3.8) is 0 Å². The number of benzene rings is 2. The SMILES string of the molecule is C/C(=C\C(=O)OC1C2C(C)CCC2C2(C)OC1(C(C)C)CC2CC(=O)CO)c1ccccc1.C/C(=C\C(=O)OC1C2C(C)CCC2C2(C)OC1(C(C)C)CC2N=[N+]=[N-])c1ccccc1. The summed E-state index contributed by atoms with van der Waals surface area (Å²) in [4.78, 5) is 41.6. The Kier molecular flexibility index (Phi) is 13.8. The molecule has 64 heavy (non-hydrogen) atoms. The van der Waals surface area contributed by atoms with Gasteiger partial charge in [-0.15, -0.1) is 0 Å². The van der Waals surface area contributed by atoms with Gasteiger partial charge >= 0.3 is 11.9 Å². The maximum Gasteiger partial charge on any atom is 0.331 e. The molecule has 4 heterocycles. The number of aliphatic hydroxyl groups excluding tert-OH is 1. The van der Waals surface area contributed by atoms with E-state index in [4.69, 9.17) is 18.9 Å². The lowest BCUT2D eigenvalue weighted by atomic mass is 9.69. The van der Waals surface area contributed by atoms with Gasteiger partial charge in [0.1, 0.15) is 30.0 Å². The van der Waals surface area contributed by atoms with E-state index in [0.717, 1.165) is 48.0 Å². The summed E-state index contributed by atoms with van der Waals surface area (Å²) in [7, 11) is 0. The van der Waals surface area contributed by atoms with E-state index >= 15 is 0 Å². The molecule has 14 atom stereocenters. The first kappa shape index (κ1) is 47.7. The highest BCUT2D eigenvalue weighted by molar-refractivity contribution is 5.91. The van der Waals surface area contributed by atoms with E-state index in [1.807, 2.05) is 74.5 Å². The van der Waals surface area contributed by atoms with Gasteiger partial charge in [-0.25, -0.2) is 9.59 Å². The number of hydrogen-bond donors (Lipinski definition) is 1. The van der Waals surface area contributed by atoms with Crippen molar-refractivity contribution in [3.8, 4) is 0 Å². The molecule has 0 radical (unpaired) electrons. The molecule has 4 bridgehead atoms. The molecule has 346 valence electrons. The molecule has 2 aromatic carbocycles. The van der Waals surface area contributed by atoms with E-state index < -0.39 is 29.0 Å². The van der Waals surface area contributed by atoms with Crippen molar-refractivity contribution < 1.29 is 38.4 Å². The summed E-state index contributed by atoms with van der Waals surface area (Å²) in [5, 5.41) is 13.6. The molecule has 2 saturated carbocycles. The Morgan fingerprint density at radius 1 is 0.750 bits per heavy atom. The number of nitrogens with zero attached hydrogens (tertiary/aromatic N) is 3. The summed E-state index contributed by atoms with van der Waals surface area (Å²) in [6.45, 7) is 20.7. The molecule has 11 nitrogen and oxygen atoms in total. The Morgan fingerprint density at radius 3 is 1.62 bits per heavy atom. The predicted molar refractivity (Wildman–Crippen MR) is 247 cm³/mol. The van der Waals surface area contributed by atoms with Crippen LogP contribution >= 0.6 is 0 Å². The van der Waals surface area contributed by atoms with Crippen LogP contribution in [-0.2, 0) is 33.3 Å². The lowest BCUT2D eigenvalue weighted by Gasteiger charge is -2.53. The predicted octanol–water partition coefficient (Wildman–Crippen LogP) is 10.7. The monoisotopic (exact) mass is 878 g/mol. The molecule has 4 aliphatic heterocycles. The minimum atomic E-state index is -0.641. The molecule has 2 aliphatic carbocycles. The molecular formula is C53H71N3O8. The third kappa shape index (κ3) is 8.40. The van der Waals surface area contributed by atoms with Crippen molar-refractivity contribution in [2.45, 2.75) is 155 Å². The van der Waals surface area contributed by atoms with E-state index in [1.165, 1.54) is 0 Å². The number of carbonyl (C=O) groups is 3. The van der Waals surface area contributed by atoms with Crippen molar-refractivity contribution in [1.29, 1.82) is 0 Å². The van der Waals surface area contributed by atoms with Crippen LogP contribution in [0.15, 0.2) is 77.9 Å². The van der Waals surface area contributed by atoms with Crippen LogP contribution < -0.4 is 0 Å². The van der Waals surface area contributed by atoms with E-state index in [2.05, 4.69) is 65.4 Å². The van der Waals surface area contributed by atoms with Gasteiger partial charge in [-0.2, -0.15) is 0 Å². The maximum atomic E-state index is 13.2. The third-order valence-corrected chi connectivity index (χ3v) is 17.0. The van der Waals surface area contributed by atoms with E-state index in [1.54, 1.807) is 12.2 Å². The minimum absolute atomic E-state index is 0.0163. The molecule has 0 aromatic heterocycles. The van der Waals surface area contributed by atoms with Gasteiger partial charge in [0.15, 0.2) is 5.78 Å². The number of allylic oxidation sites excluding steroid dienone is 2. The van der Waals surface area contributed by atoms with Crippen LogP contribution in [0, 0.1) is 53.3 Å². The quantitative estimate of drug-likeness (QED) is 0.0726. The Labute approximate surface area is 380 Å². The van der Waals surface area contributed by atoms with Crippen LogP contribution in [0.5, 0.6) is 0 Å². The average molecular weight is 878 g/mol. The van der Waals surface area contributed by atoms with Gasteiger partial charge in [0.2, 0.25) is 0 Å². The maximum absolute atomic E-state index is 13.2. The highest BCUT2D eigenvalue weighted by Gasteiger charge is 2.72. The molecular weight excluding hydrogens is 807 g/mol. The molecule has 8 rings (SSSR count). The van der Waals surface area contributed by atoms with Gasteiger partial charge < -0.3 is 24.1 Å². The number of carbonyl (C=O) groups excluding carboxylic acids is 3. The Bertz CT molecular complexity index is 2150. The van der Waals surface area contributed by atoms with E-state index in [9.17, 15) is 25.0 Å². The number of azide groups is 1. The molecule has 6 aliphatic rings. The molecule has 2 aromatic rings. The Morgan fingerprint density at radius 2 is 1.19 bits per heavy atom. The standard InChI is InChI=1S/C28H38O5.C25H33N3O3/c1-17(2)28-15-21(14-22(30)16-29)27(5,33-28)23-12-11-18(3)25(23)26(28)32-24(31)13-19(4)20-9-7-6-8-10-20;1-15(2)25-14-20(27-28-26)24(5,31-25)19-12-11-16(3)22(19)23(25)30-21(29)13-17(4)18-9-7-6-8-10-18/h6-10,13,17-18,21,23,25-26,29H,11-12,14-16H2,1-5H3;6-10,13,15-16,19-20,22-23H,11-12,14H2,1-5H3/b19-13+;17-13+. The Hall–Kier alpha value is -4.28. The summed E-state index contributed by atoms with van der Waals surface area (Å²) >= 11 is 0. The summed E-state index contributed by atoms with van der Waals surface area (Å²) < 4.78 is 26.3. The summed E-state index contributed by atoms with van der Waals surface area (Å²) in [6.07, 6.45) is 8.19.